The first-order chi connectivity index (χ1) is 9.28. The van der Waals surface area contributed by atoms with Gasteiger partial charge in [0.2, 0.25) is 0 Å². The normalized spacial score (nSPS) is 19.4. The first-order valence-corrected chi connectivity index (χ1v) is 6.27. The lowest BCUT2D eigenvalue weighted by atomic mass is 9.98. The van der Waals surface area contributed by atoms with Crippen LogP contribution in [0.3, 0.4) is 0 Å². The number of benzene rings is 2. The molecule has 2 aromatic carbocycles. The summed E-state index contributed by atoms with van der Waals surface area (Å²) < 4.78 is 12.9. The Balaban J connectivity index is 1.99. The lowest BCUT2D eigenvalue weighted by Gasteiger charge is -2.05. The van der Waals surface area contributed by atoms with E-state index in [1.54, 1.807) is 12.1 Å². The molecule has 0 spiro atoms. The second-order valence-electron chi connectivity index (χ2n) is 4.76. The van der Waals surface area contributed by atoms with E-state index in [0.29, 0.717) is 0 Å². The summed E-state index contributed by atoms with van der Waals surface area (Å²) in [4.78, 5) is 11.3. The van der Waals surface area contributed by atoms with Gasteiger partial charge in [-0.15, -0.1) is 0 Å². The maximum Gasteiger partial charge on any atom is 0.131 e. The summed E-state index contributed by atoms with van der Waals surface area (Å²) in [6, 6.07) is 14.3. The Bertz CT molecular complexity index is 641. The molecule has 2 aromatic rings. The number of hydrogen-bond acceptors (Lipinski definition) is 1. The third kappa shape index (κ3) is 2.22. The topological polar surface area (TPSA) is 17.1 Å². The molecule has 0 N–H and O–H groups in total. The monoisotopic (exact) mass is 252 g/mol. The molecule has 0 aromatic heterocycles. The zero-order valence-corrected chi connectivity index (χ0v) is 10.3. The summed E-state index contributed by atoms with van der Waals surface area (Å²) in [5.41, 5.74) is 4.29. The highest BCUT2D eigenvalue weighted by atomic mass is 19.1. The molecule has 0 heterocycles. The lowest BCUT2D eigenvalue weighted by molar-refractivity contribution is -0.108. The molecule has 94 valence electrons. The molecule has 0 aliphatic heterocycles. The summed E-state index contributed by atoms with van der Waals surface area (Å²) >= 11 is 0. The van der Waals surface area contributed by atoms with E-state index < -0.39 is 0 Å². The van der Waals surface area contributed by atoms with E-state index in [0.717, 1.165) is 29.4 Å². The zero-order chi connectivity index (χ0) is 13.2. The minimum absolute atomic E-state index is 0.166. The van der Waals surface area contributed by atoms with Crippen molar-refractivity contribution in [2.75, 3.05) is 0 Å². The Morgan fingerprint density at radius 2 is 1.79 bits per heavy atom. The molecule has 0 bridgehead atoms. The van der Waals surface area contributed by atoms with E-state index in [-0.39, 0.29) is 11.7 Å². The summed E-state index contributed by atoms with van der Waals surface area (Å²) in [6.45, 7) is 0. The summed E-state index contributed by atoms with van der Waals surface area (Å²) in [6.07, 6.45) is 3.76. The van der Waals surface area contributed by atoms with E-state index in [9.17, 15) is 9.18 Å². The molecule has 0 radical (unpaired) electrons. The van der Waals surface area contributed by atoms with Crippen LogP contribution in [0.4, 0.5) is 4.39 Å². The van der Waals surface area contributed by atoms with Crippen molar-refractivity contribution in [2.45, 2.75) is 12.3 Å². The molecule has 1 atom stereocenters. The van der Waals surface area contributed by atoms with Crippen molar-refractivity contribution in [3.63, 3.8) is 0 Å². The van der Waals surface area contributed by atoms with Crippen molar-refractivity contribution >= 4 is 12.4 Å². The smallest absolute Gasteiger partial charge is 0.131 e. The Labute approximate surface area is 111 Å². The molecule has 3 rings (SSSR count). The fraction of sp³-hybridized carbons (Fsp3) is 0.118. The second kappa shape index (κ2) is 4.81. The minimum Gasteiger partial charge on any atom is -0.302 e. The van der Waals surface area contributed by atoms with Gasteiger partial charge in [0.15, 0.2) is 0 Å². The van der Waals surface area contributed by atoms with Gasteiger partial charge in [-0.25, -0.2) is 4.39 Å². The largest absolute Gasteiger partial charge is 0.302 e. The van der Waals surface area contributed by atoms with E-state index >= 15 is 0 Å². The first-order valence-electron chi connectivity index (χ1n) is 6.27. The van der Waals surface area contributed by atoms with Crippen LogP contribution in [0.5, 0.6) is 0 Å². The second-order valence-corrected chi connectivity index (χ2v) is 4.76. The molecule has 19 heavy (non-hydrogen) atoms. The van der Waals surface area contributed by atoms with Crippen LogP contribution in [-0.4, -0.2) is 6.29 Å². The van der Waals surface area contributed by atoms with Crippen LogP contribution in [-0.2, 0) is 11.2 Å². The average molecular weight is 252 g/mol. The Kier molecular flexibility index (Phi) is 3.00. The molecule has 0 saturated heterocycles. The Morgan fingerprint density at radius 1 is 1.05 bits per heavy atom. The van der Waals surface area contributed by atoms with Crippen LogP contribution >= 0.6 is 0 Å². The predicted octanol–water partition coefficient (Wildman–Crippen LogP) is 3.75. The van der Waals surface area contributed by atoms with Gasteiger partial charge in [0.1, 0.15) is 12.1 Å². The molecule has 1 aliphatic rings. The van der Waals surface area contributed by atoms with Gasteiger partial charge in [0.05, 0.1) is 5.92 Å². The predicted molar refractivity (Wildman–Crippen MR) is 73.3 cm³/mol. The zero-order valence-electron chi connectivity index (χ0n) is 10.3. The summed E-state index contributed by atoms with van der Waals surface area (Å²) in [7, 11) is 0. The van der Waals surface area contributed by atoms with Gasteiger partial charge in [0.25, 0.3) is 0 Å². The molecule has 1 aliphatic carbocycles. The maximum absolute atomic E-state index is 12.9. The van der Waals surface area contributed by atoms with E-state index in [1.165, 1.54) is 17.7 Å². The Hall–Kier alpha value is -2.22. The molecule has 0 amide bonds. The van der Waals surface area contributed by atoms with Crippen molar-refractivity contribution in [3.8, 4) is 0 Å². The molecule has 1 nitrogen and oxygen atoms in total. The van der Waals surface area contributed by atoms with Gasteiger partial charge in [-0.3, -0.25) is 0 Å². The Morgan fingerprint density at radius 3 is 2.53 bits per heavy atom. The highest BCUT2D eigenvalue weighted by Crippen LogP contribution is 2.36. The van der Waals surface area contributed by atoms with Crippen molar-refractivity contribution in [1.82, 2.24) is 0 Å². The number of carbonyl (C=O) groups excluding carboxylic acids is 1. The van der Waals surface area contributed by atoms with Crippen molar-refractivity contribution in [1.29, 1.82) is 0 Å². The molecule has 0 fully saturated rings. The van der Waals surface area contributed by atoms with Gasteiger partial charge < -0.3 is 4.79 Å². The van der Waals surface area contributed by atoms with Gasteiger partial charge in [0, 0.05) is 0 Å². The summed E-state index contributed by atoms with van der Waals surface area (Å²) in [5, 5.41) is 0. The van der Waals surface area contributed by atoms with Crippen LogP contribution in [0.15, 0.2) is 54.1 Å². The van der Waals surface area contributed by atoms with E-state index in [2.05, 4.69) is 6.07 Å². The number of rotatable bonds is 2. The first kappa shape index (κ1) is 11.8. The molecule has 1 unspecified atom stereocenters. The SMILES string of the molecule is O=CC1/C(=C/c2ccc(F)cc2)Cc2ccccc21. The van der Waals surface area contributed by atoms with E-state index in [1.807, 2.05) is 24.3 Å². The van der Waals surface area contributed by atoms with Crippen molar-refractivity contribution in [2.24, 2.45) is 0 Å². The molecular weight excluding hydrogens is 239 g/mol. The van der Waals surface area contributed by atoms with Crippen LogP contribution in [0.1, 0.15) is 22.6 Å². The highest BCUT2D eigenvalue weighted by Gasteiger charge is 2.26. The standard InChI is InChI=1S/C17H13FO/c18-15-7-5-12(6-8-15)9-14-10-13-3-1-2-4-16(13)17(14)11-19/h1-9,11,17H,10H2/b14-9+. The third-order valence-corrected chi connectivity index (χ3v) is 3.54. The van der Waals surface area contributed by atoms with Crippen LogP contribution in [0.2, 0.25) is 0 Å². The number of hydrogen-bond donors (Lipinski definition) is 0. The van der Waals surface area contributed by atoms with Gasteiger partial charge in [-0.1, -0.05) is 48.0 Å². The highest BCUT2D eigenvalue weighted by molar-refractivity contribution is 5.76. The third-order valence-electron chi connectivity index (χ3n) is 3.54. The van der Waals surface area contributed by atoms with Crippen molar-refractivity contribution < 1.29 is 9.18 Å². The van der Waals surface area contributed by atoms with Crippen LogP contribution in [0.25, 0.3) is 6.08 Å². The van der Waals surface area contributed by atoms with Crippen molar-refractivity contribution in [3.05, 3.63) is 76.6 Å². The van der Waals surface area contributed by atoms with E-state index in [4.69, 9.17) is 0 Å². The number of allylic oxidation sites excluding steroid dienone is 1. The van der Waals surface area contributed by atoms with Gasteiger partial charge in [-0.2, -0.15) is 0 Å². The molecule has 0 saturated carbocycles. The number of fused-ring (bicyclic) bond motifs is 1. The number of carbonyl (C=O) groups is 1. The number of halogens is 1. The van der Waals surface area contributed by atoms with Crippen LogP contribution < -0.4 is 0 Å². The van der Waals surface area contributed by atoms with Gasteiger partial charge in [-0.05, 0) is 35.2 Å². The quantitative estimate of drug-likeness (QED) is 0.744. The summed E-state index contributed by atoms with van der Waals surface area (Å²) in [5.74, 6) is -0.412. The van der Waals surface area contributed by atoms with Crippen LogP contribution in [0, 0.1) is 5.82 Å². The molecule has 2 heteroatoms. The average Bonchev–Trinajstić information content (AvgIpc) is 2.78. The fourth-order valence-electron chi connectivity index (χ4n) is 2.60. The fourth-order valence-corrected chi connectivity index (χ4v) is 2.60. The molecular formula is C17H13FO. The van der Waals surface area contributed by atoms with Gasteiger partial charge >= 0.3 is 0 Å². The number of aldehydes is 1. The minimum atomic E-state index is -0.246. The maximum atomic E-state index is 12.9. The lowest BCUT2D eigenvalue weighted by Crippen LogP contribution is -1.97.